The second-order valence-electron chi connectivity index (χ2n) is 6.15. The maximum atomic E-state index is 12.9. The lowest BCUT2D eigenvalue weighted by molar-refractivity contribution is -0.133. The first-order valence-electron chi connectivity index (χ1n) is 7.68. The fourth-order valence-corrected chi connectivity index (χ4v) is 3.97. The molecule has 130 valence electrons. The minimum Gasteiger partial charge on any atom is -0.289 e. The fraction of sp³-hybridized carbons (Fsp3) is 0.353. The van der Waals surface area contributed by atoms with E-state index < -0.39 is 22.0 Å². The molecule has 6 nitrogen and oxygen atoms in total. The topological polar surface area (TPSA) is 86.7 Å². The maximum Gasteiger partial charge on any atom is 0.261 e. The van der Waals surface area contributed by atoms with Crippen molar-refractivity contribution in [2.75, 3.05) is 7.05 Å². The van der Waals surface area contributed by atoms with Gasteiger partial charge in [0.25, 0.3) is 5.91 Å². The number of hydroxylamine groups is 1. The Kier molecular flexibility index (Phi) is 5.58. The van der Waals surface area contributed by atoms with Crippen molar-refractivity contribution < 1.29 is 18.4 Å². The molecule has 0 saturated heterocycles. The van der Waals surface area contributed by atoms with Crippen molar-refractivity contribution in [3.63, 3.8) is 0 Å². The number of carbonyl (C=O) groups is 1. The summed E-state index contributed by atoms with van der Waals surface area (Å²) in [6.45, 7) is 3.77. The Balaban J connectivity index is 2.43. The Morgan fingerprint density at radius 2 is 1.79 bits per heavy atom. The molecule has 0 radical (unpaired) electrons. The Labute approximate surface area is 142 Å². The van der Waals surface area contributed by atoms with E-state index >= 15 is 0 Å². The molecule has 1 atom stereocenters. The zero-order valence-corrected chi connectivity index (χ0v) is 14.7. The van der Waals surface area contributed by atoms with Crippen molar-refractivity contribution in [2.24, 2.45) is 5.92 Å². The minimum absolute atomic E-state index is 0.0848. The Bertz CT molecular complexity index is 833. The van der Waals surface area contributed by atoms with E-state index in [0.717, 1.165) is 15.1 Å². The van der Waals surface area contributed by atoms with Crippen LogP contribution in [0.15, 0.2) is 47.4 Å². The molecule has 2 rings (SSSR count). The van der Waals surface area contributed by atoms with Crippen molar-refractivity contribution in [3.8, 4) is 0 Å². The van der Waals surface area contributed by atoms with Gasteiger partial charge in [-0.2, -0.15) is 4.31 Å². The van der Waals surface area contributed by atoms with Crippen LogP contribution < -0.4 is 5.48 Å². The summed E-state index contributed by atoms with van der Waals surface area (Å²) < 4.78 is 26.8. The highest BCUT2D eigenvalue weighted by Crippen LogP contribution is 2.24. The van der Waals surface area contributed by atoms with Gasteiger partial charge in [0.1, 0.15) is 6.04 Å². The van der Waals surface area contributed by atoms with E-state index in [-0.39, 0.29) is 10.8 Å². The van der Waals surface area contributed by atoms with Gasteiger partial charge in [-0.3, -0.25) is 10.0 Å². The van der Waals surface area contributed by atoms with Crippen LogP contribution in [0, 0.1) is 5.92 Å². The number of amides is 1. The molecule has 0 bridgehead atoms. The number of likely N-dealkylation sites (N-methyl/N-ethyl adjacent to an activating group) is 1. The first kappa shape index (κ1) is 18.4. The highest BCUT2D eigenvalue weighted by molar-refractivity contribution is 7.89. The van der Waals surface area contributed by atoms with E-state index in [1.54, 1.807) is 17.6 Å². The van der Waals surface area contributed by atoms with Crippen LogP contribution in [0.2, 0.25) is 0 Å². The molecule has 0 saturated carbocycles. The number of hydrogen-bond acceptors (Lipinski definition) is 4. The van der Waals surface area contributed by atoms with E-state index in [9.17, 15) is 13.2 Å². The number of fused-ring (bicyclic) bond motifs is 1. The summed E-state index contributed by atoms with van der Waals surface area (Å²) in [4.78, 5) is 12.0. The molecule has 0 heterocycles. The SMILES string of the molecule is CC(C)CC(C(=O)NO)N(C)S(=O)(=O)c1ccc2ccccc2c1. The van der Waals surface area contributed by atoms with Crippen LogP contribution in [0.3, 0.4) is 0 Å². The standard InChI is InChI=1S/C17H22N2O4S/c1-12(2)10-16(17(20)18-21)19(3)24(22,23)15-9-8-13-6-4-5-7-14(13)11-15/h4-9,11-12,16,21H,10H2,1-3H3,(H,18,20). The van der Waals surface area contributed by atoms with Crippen LogP contribution in [0.25, 0.3) is 10.8 Å². The largest absolute Gasteiger partial charge is 0.289 e. The molecular formula is C17H22N2O4S. The van der Waals surface area contributed by atoms with Gasteiger partial charge in [-0.1, -0.05) is 44.2 Å². The Hall–Kier alpha value is -1.96. The second-order valence-corrected chi connectivity index (χ2v) is 8.15. The molecule has 2 N–H and O–H groups in total. The summed E-state index contributed by atoms with van der Waals surface area (Å²) >= 11 is 0. The average molecular weight is 350 g/mol. The number of benzene rings is 2. The number of rotatable bonds is 6. The van der Waals surface area contributed by atoms with Gasteiger partial charge in [-0.05, 0) is 35.2 Å². The summed E-state index contributed by atoms with van der Waals surface area (Å²) in [6, 6.07) is 11.3. The molecule has 1 unspecified atom stereocenters. The van der Waals surface area contributed by atoms with Crippen molar-refractivity contribution in [3.05, 3.63) is 42.5 Å². The number of hydrogen-bond donors (Lipinski definition) is 2. The van der Waals surface area contributed by atoms with Crippen LogP contribution in [0.4, 0.5) is 0 Å². The third-order valence-corrected chi connectivity index (χ3v) is 5.81. The lowest BCUT2D eigenvalue weighted by atomic mass is 10.0. The van der Waals surface area contributed by atoms with Gasteiger partial charge in [0.15, 0.2) is 0 Å². The van der Waals surface area contributed by atoms with E-state index in [0.29, 0.717) is 6.42 Å². The number of nitrogens with one attached hydrogen (secondary N) is 1. The molecule has 0 aliphatic heterocycles. The normalized spacial score (nSPS) is 13.4. The van der Waals surface area contributed by atoms with E-state index in [2.05, 4.69) is 0 Å². The van der Waals surface area contributed by atoms with Gasteiger partial charge < -0.3 is 0 Å². The van der Waals surface area contributed by atoms with Crippen LogP contribution in [0.1, 0.15) is 20.3 Å². The van der Waals surface area contributed by atoms with Gasteiger partial charge in [-0.15, -0.1) is 0 Å². The molecule has 0 aromatic heterocycles. The van der Waals surface area contributed by atoms with Crippen LogP contribution in [-0.4, -0.2) is 36.9 Å². The number of sulfonamides is 1. The van der Waals surface area contributed by atoms with E-state index in [4.69, 9.17) is 5.21 Å². The molecule has 0 spiro atoms. The molecule has 0 fully saturated rings. The number of nitrogens with zero attached hydrogens (tertiary/aromatic N) is 1. The van der Waals surface area contributed by atoms with Crippen molar-refractivity contribution >= 4 is 26.7 Å². The van der Waals surface area contributed by atoms with Gasteiger partial charge >= 0.3 is 0 Å². The Morgan fingerprint density at radius 3 is 2.38 bits per heavy atom. The molecule has 24 heavy (non-hydrogen) atoms. The second kappa shape index (κ2) is 7.29. The number of carbonyl (C=O) groups excluding carboxylic acids is 1. The average Bonchev–Trinajstić information content (AvgIpc) is 2.57. The molecule has 1 amide bonds. The molecule has 7 heteroatoms. The van der Waals surface area contributed by atoms with Crippen molar-refractivity contribution in [2.45, 2.75) is 31.2 Å². The quantitative estimate of drug-likeness (QED) is 0.619. The highest BCUT2D eigenvalue weighted by Gasteiger charge is 2.33. The third-order valence-electron chi connectivity index (χ3n) is 3.94. The van der Waals surface area contributed by atoms with Gasteiger partial charge in [0.2, 0.25) is 10.0 Å². The van der Waals surface area contributed by atoms with Crippen molar-refractivity contribution in [1.29, 1.82) is 0 Å². The minimum atomic E-state index is -3.87. The van der Waals surface area contributed by atoms with Gasteiger partial charge in [-0.25, -0.2) is 13.9 Å². The zero-order valence-electron chi connectivity index (χ0n) is 13.9. The van der Waals surface area contributed by atoms with Crippen molar-refractivity contribution in [1.82, 2.24) is 9.79 Å². The summed E-state index contributed by atoms with van der Waals surface area (Å²) in [5.41, 5.74) is 1.56. The van der Waals surface area contributed by atoms with Crippen LogP contribution >= 0.6 is 0 Å². The molecule has 0 aliphatic carbocycles. The molecular weight excluding hydrogens is 328 g/mol. The van der Waals surface area contributed by atoms with E-state index in [1.807, 2.05) is 38.1 Å². The monoisotopic (exact) mass is 350 g/mol. The first-order chi connectivity index (χ1) is 11.3. The smallest absolute Gasteiger partial charge is 0.261 e. The summed E-state index contributed by atoms with van der Waals surface area (Å²) in [7, 11) is -2.52. The summed E-state index contributed by atoms with van der Waals surface area (Å²) in [5, 5.41) is 10.7. The fourth-order valence-electron chi connectivity index (χ4n) is 2.60. The lowest BCUT2D eigenvalue weighted by Crippen LogP contribution is -2.47. The van der Waals surface area contributed by atoms with E-state index in [1.165, 1.54) is 13.1 Å². The first-order valence-corrected chi connectivity index (χ1v) is 9.12. The summed E-state index contributed by atoms with van der Waals surface area (Å²) in [5.74, 6) is -0.655. The van der Waals surface area contributed by atoms with Crippen LogP contribution in [0.5, 0.6) is 0 Å². The summed E-state index contributed by atoms with van der Waals surface area (Å²) in [6.07, 6.45) is 0.301. The van der Waals surface area contributed by atoms with Crippen LogP contribution in [-0.2, 0) is 14.8 Å². The molecule has 2 aromatic rings. The predicted octanol–water partition coefficient (Wildman–Crippen LogP) is 2.38. The Morgan fingerprint density at radius 1 is 1.17 bits per heavy atom. The lowest BCUT2D eigenvalue weighted by Gasteiger charge is -2.27. The molecule has 2 aromatic carbocycles. The zero-order chi connectivity index (χ0) is 17.9. The van der Waals surface area contributed by atoms with Gasteiger partial charge in [0.05, 0.1) is 4.90 Å². The maximum absolute atomic E-state index is 12.9. The third kappa shape index (κ3) is 3.75. The highest BCUT2D eigenvalue weighted by atomic mass is 32.2. The molecule has 0 aliphatic rings. The van der Waals surface area contributed by atoms with Gasteiger partial charge in [0, 0.05) is 7.05 Å². The predicted molar refractivity (Wildman–Crippen MR) is 92.1 cm³/mol.